The molecule has 1 aliphatic heterocycles. The molecule has 1 unspecified atom stereocenters. The van der Waals surface area contributed by atoms with E-state index in [9.17, 15) is 18.0 Å². The van der Waals surface area contributed by atoms with Crippen molar-refractivity contribution in [3.8, 4) is 11.5 Å². The van der Waals surface area contributed by atoms with Crippen molar-refractivity contribution in [2.45, 2.75) is 17.4 Å². The van der Waals surface area contributed by atoms with Crippen LogP contribution in [-0.2, 0) is 21.0 Å². The van der Waals surface area contributed by atoms with E-state index in [1.165, 1.54) is 18.4 Å². The number of nitrogens with one attached hydrogen (secondary N) is 1. The number of cyclic esters (lactones) is 1. The van der Waals surface area contributed by atoms with Gasteiger partial charge in [-0.05, 0) is 29.8 Å². The predicted octanol–water partition coefficient (Wildman–Crippen LogP) is 1.89. The van der Waals surface area contributed by atoms with E-state index in [1.807, 2.05) is 0 Å². The van der Waals surface area contributed by atoms with Crippen molar-refractivity contribution in [2.24, 2.45) is 0 Å². The second kappa shape index (κ2) is 6.20. The minimum Gasteiger partial charge on any atom is -0.463 e. The molecule has 0 spiro atoms. The fraction of sp³-hybridized carbons (Fsp3) is 0.167. The van der Waals surface area contributed by atoms with Crippen molar-refractivity contribution in [3.63, 3.8) is 0 Å². The van der Waals surface area contributed by atoms with Crippen LogP contribution >= 0.6 is 0 Å². The van der Waals surface area contributed by atoms with Gasteiger partial charge in [0, 0.05) is 12.7 Å². The van der Waals surface area contributed by atoms with Crippen molar-refractivity contribution >= 4 is 15.8 Å². The summed E-state index contributed by atoms with van der Waals surface area (Å²) in [6.07, 6.45) is 2.12. The van der Waals surface area contributed by atoms with Crippen molar-refractivity contribution in [1.29, 1.82) is 0 Å². The molecule has 0 aliphatic carbocycles. The number of benzene rings is 1. The second-order valence-corrected chi connectivity index (χ2v) is 8.19. The number of carbonyl (C=O) groups is 1. The summed E-state index contributed by atoms with van der Waals surface area (Å²) in [5.41, 5.74) is 0.778. The van der Waals surface area contributed by atoms with Crippen molar-refractivity contribution in [3.05, 3.63) is 70.0 Å². The number of nitrogens with zero attached hydrogens (tertiary/aromatic N) is 1. The zero-order chi connectivity index (χ0) is 19.2. The Morgan fingerprint density at radius 1 is 1.15 bits per heavy atom. The molecule has 27 heavy (non-hydrogen) atoms. The zero-order valence-electron chi connectivity index (χ0n) is 14.1. The summed E-state index contributed by atoms with van der Waals surface area (Å²) < 4.78 is 33.8. The summed E-state index contributed by atoms with van der Waals surface area (Å²) in [5.74, 6) is -0.301. The molecule has 0 fully saturated rings. The van der Waals surface area contributed by atoms with Crippen LogP contribution in [0.4, 0.5) is 0 Å². The van der Waals surface area contributed by atoms with Gasteiger partial charge < -0.3 is 14.1 Å². The third-order valence-corrected chi connectivity index (χ3v) is 5.39. The number of esters is 1. The molecule has 1 aromatic carbocycles. The maximum absolute atomic E-state index is 12.4. The first kappa shape index (κ1) is 17.2. The maximum atomic E-state index is 12.4. The highest BCUT2D eigenvalue weighted by Crippen LogP contribution is 2.35. The number of ether oxygens (including phenoxy) is 1. The van der Waals surface area contributed by atoms with Gasteiger partial charge in [-0.15, -0.1) is 0 Å². The summed E-state index contributed by atoms with van der Waals surface area (Å²) in [7, 11) is -3.29. The average molecular weight is 386 g/mol. The van der Waals surface area contributed by atoms with Gasteiger partial charge in [0.05, 0.1) is 16.9 Å². The molecule has 8 nitrogen and oxygen atoms in total. The van der Waals surface area contributed by atoms with E-state index in [0.29, 0.717) is 11.5 Å². The Balaban J connectivity index is 1.71. The van der Waals surface area contributed by atoms with Gasteiger partial charge >= 0.3 is 11.7 Å². The van der Waals surface area contributed by atoms with Gasteiger partial charge in [0.2, 0.25) is 0 Å². The first-order valence-electron chi connectivity index (χ1n) is 8.01. The molecule has 1 atom stereocenters. The van der Waals surface area contributed by atoms with Crippen LogP contribution in [0.3, 0.4) is 0 Å². The predicted molar refractivity (Wildman–Crippen MR) is 94.0 cm³/mol. The Labute approximate surface area is 153 Å². The number of fused-ring (bicyclic) bond motifs is 1. The summed E-state index contributed by atoms with van der Waals surface area (Å²) in [6.45, 7) is 0. The lowest BCUT2D eigenvalue weighted by molar-refractivity contribution is 0.0382. The topological polar surface area (TPSA) is 119 Å². The maximum Gasteiger partial charge on any atom is 0.345 e. The Hall–Kier alpha value is -3.20. The third-order valence-electron chi connectivity index (χ3n) is 4.26. The quantitative estimate of drug-likeness (QED) is 0.680. The van der Waals surface area contributed by atoms with Gasteiger partial charge in [-0.2, -0.15) is 4.98 Å². The first-order chi connectivity index (χ1) is 12.8. The minimum atomic E-state index is -3.29. The zero-order valence-corrected chi connectivity index (χ0v) is 14.9. The smallest absolute Gasteiger partial charge is 0.345 e. The lowest BCUT2D eigenvalue weighted by Gasteiger charge is -2.11. The number of rotatable bonds is 4. The Morgan fingerprint density at radius 3 is 2.52 bits per heavy atom. The molecule has 2 aromatic heterocycles. The molecular weight excluding hydrogens is 372 g/mol. The van der Waals surface area contributed by atoms with Gasteiger partial charge in [0.25, 0.3) is 0 Å². The summed E-state index contributed by atoms with van der Waals surface area (Å²) in [4.78, 5) is 31.0. The molecule has 3 heterocycles. The molecule has 0 amide bonds. The molecule has 1 aliphatic rings. The largest absolute Gasteiger partial charge is 0.463 e. The highest BCUT2D eigenvalue weighted by Gasteiger charge is 2.36. The Bertz CT molecular complexity index is 1180. The number of H-pyrrole nitrogens is 1. The van der Waals surface area contributed by atoms with Gasteiger partial charge in [-0.3, -0.25) is 0 Å². The van der Waals surface area contributed by atoms with Crippen molar-refractivity contribution in [2.75, 3.05) is 6.26 Å². The van der Waals surface area contributed by atoms with E-state index < -0.39 is 27.6 Å². The molecule has 0 bridgehead atoms. The fourth-order valence-electron chi connectivity index (χ4n) is 3.01. The second-order valence-electron chi connectivity index (χ2n) is 6.17. The van der Waals surface area contributed by atoms with Crippen LogP contribution in [0.15, 0.2) is 56.8 Å². The van der Waals surface area contributed by atoms with E-state index in [0.717, 1.165) is 11.8 Å². The van der Waals surface area contributed by atoms with Crippen LogP contribution in [0.25, 0.3) is 11.5 Å². The van der Waals surface area contributed by atoms with Gasteiger partial charge in [0.1, 0.15) is 17.4 Å². The van der Waals surface area contributed by atoms with E-state index in [1.54, 1.807) is 24.3 Å². The molecule has 0 radical (unpaired) electrons. The molecule has 0 saturated heterocycles. The lowest BCUT2D eigenvalue weighted by atomic mass is 10.0. The van der Waals surface area contributed by atoms with Crippen LogP contribution in [-0.4, -0.2) is 30.6 Å². The van der Waals surface area contributed by atoms with Gasteiger partial charge in [0.15, 0.2) is 15.6 Å². The lowest BCUT2D eigenvalue weighted by Crippen LogP contribution is -2.17. The van der Waals surface area contributed by atoms with Crippen LogP contribution in [0.5, 0.6) is 0 Å². The number of aromatic amines is 1. The first-order valence-corrected chi connectivity index (χ1v) is 9.90. The van der Waals surface area contributed by atoms with E-state index in [2.05, 4.69) is 9.97 Å². The van der Waals surface area contributed by atoms with E-state index >= 15 is 0 Å². The molecule has 3 aromatic rings. The number of carbonyl (C=O) groups excluding carboxylic acids is 1. The molecule has 0 saturated carbocycles. The van der Waals surface area contributed by atoms with Gasteiger partial charge in [-0.1, -0.05) is 12.1 Å². The summed E-state index contributed by atoms with van der Waals surface area (Å²) in [5, 5.41) is 0. The number of hydrogen-bond acceptors (Lipinski definition) is 7. The van der Waals surface area contributed by atoms with Crippen molar-refractivity contribution in [1.82, 2.24) is 9.97 Å². The van der Waals surface area contributed by atoms with Crippen LogP contribution in [0.2, 0.25) is 0 Å². The van der Waals surface area contributed by atoms with Crippen molar-refractivity contribution < 1.29 is 22.4 Å². The highest BCUT2D eigenvalue weighted by atomic mass is 32.2. The van der Waals surface area contributed by atoms with Gasteiger partial charge in [-0.25, -0.2) is 18.0 Å². The SMILES string of the molecule is CS(=O)(=O)c1ccc(CC2OC(=O)c3c(-c4ccco4)nc(=O)[nH]c32)cc1. The standard InChI is InChI=1S/C18H14N2O6S/c1-27(23,24)11-6-4-10(5-7-11)9-13-16-14(17(21)26-13)15(19-18(22)20-16)12-3-2-8-25-12/h2-8,13H,9H2,1H3,(H,19,20,22). The number of furan rings is 1. The molecular formula is C18H14N2O6S. The number of sulfone groups is 1. The Kier molecular flexibility index (Phi) is 3.96. The number of aromatic nitrogens is 2. The van der Waals surface area contributed by atoms with Crippen LogP contribution < -0.4 is 5.69 Å². The normalized spacial score (nSPS) is 16.2. The molecule has 1 N–H and O–H groups in total. The van der Waals surface area contributed by atoms with E-state index in [4.69, 9.17) is 9.15 Å². The number of hydrogen-bond donors (Lipinski definition) is 1. The van der Waals surface area contributed by atoms with Crippen LogP contribution in [0.1, 0.15) is 27.7 Å². The summed E-state index contributed by atoms with van der Waals surface area (Å²) in [6, 6.07) is 9.51. The summed E-state index contributed by atoms with van der Waals surface area (Å²) >= 11 is 0. The van der Waals surface area contributed by atoms with E-state index in [-0.39, 0.29) is 22.6 Å². The average Bonchev–Trinajstić information content (AvgIpc) is 3.23. The molecule has 138 valence electrons. The molecule has 9 heteroatoms. The Morgan fingerprint density at radius 2 is 1.89 bits per heavy atom. The monoisotopic (exact) mass is 386 g/mol. The third kappa shape index (κ3) is 3.17. The molecule has 4 rings (SSSR count). The fourth-order valence-corrected chi connectivity index (χ4v) is 3.64. The van der Waals surface area contributed by atoms with Crippen LogP contribution in [0, 0.1) is 0 Å². The highest BCUT2D eigenvalue weighted by molar-refractivity contribution is 7.90. The minimum absolute atomic E-state index is 0.138.